The van der Waals surface area contributed by atoms with Crippen molar-refractivity contribution >= 4 is 5.91 Å². The lowest BCUT2D eigenvalue weighted by Crippen LogP contribution is -2.36. The lowest BCUT2D eigenvalue weighted by Gasteiger charge is -2.23. The van der Waals surface area contributed by atoms with Gasteiger partial charge >= 0.3 is 0 Å². The van der Waals surface area contributed by atoms with Gasteiger partial charge in [0.1, 0.15) is 11.5 Å². The van der Waals surface area contributed by atoms with E-state index >= 15 is 0 Å². The van der Waals surface area contributed by atoms with E-state index < -0.39 is 0 Å². The lowest BCUT2D eigenvalue weighted by molar-refractivity contribution is 0.0922. The molecule has 3 aromatic rings. The van der Waals surface area contributed by atoms with Crippen LogP contribution in [0.15, 0.2) is 53.1 Å². The standard InChI is InChI=1S/C23H25N3O4/c1-28-18-13-11-16(12-14-18)22-25-21(30-26-22)15-29-20-10-6-5-9-19(20)23(27)24-17-7-3-2-4-8-17/h5-6,9-14,17H,2-4,7-8,15H2,1H3,(H,24,27). The van der Waals surface area contributed by atoms with Gasteiger partial charge < -0.3 is 19.3 Å². The fraction of sp³-hybridized carbons (Fsp3) is 0.348. The minimum Gasteiger partial charge on any atom is -0.497 e. The minimum atomic E-state index is -0.109. The van der Waals surface area contributed by atoms with Crippen molar-refractivity contribution in [3.63, 3.8) is 0 Å². The summed E-state index contributed by atoms with van der Waals surface area (Å²) in [5.41, 5.74) is 1.33. The number of nitrogens with zero attached hydrogens (tertiary/aromatic N) is 2. The van der Waals surface area contributed by atoms with Gasteiger partial charge in [-0.1, -0.05) is 36.6 Å². The summed E-state index contributed by atoms with van der Waals surface area (Å²) in [7, 11) is 1.62. The molecule has 1 saturated carbocycles. The maximum Gasteiger partial charge on any atom is 0.264 e. The van der Waals surface area contributed by atoms with Crippen LogP contribution in [-0.4, -0.2) is 29.2 Å². The Bertz CT molecular complexity index is 978. The average molecular weight is 407 g/mol. The summed E-state index contributed by atoms with van der Waals surface area (Å²) >= 11 is 0. The second-order valence-corrected chi connectivity index (χ2v) is 7.33. The first-order valence-electron chi connectivity index (χ1n) is 10.2. The molecule has 0 aliphatic heterocycles. The van der Waals surface area contributed by atoms with Gasteiger partial charge in [-0.3, -0.25) is 4.79 Å². The quantitative estimate of drug-likeness (QED) is 0.625. The molecule has 0 spiro atoms. The molecule has 7 heteroatoms. The van der Waals surface area contributed by atoms with Gasteiger partial charge in [0.15, 0.2) is 6.61 Å². The summed E-state index contributed by atoms with van der Waals surface area (Å²) < 4.78 is 16.3. The van der Waals surface area contributed by atoms with Gasteiger partial charge in [0.25, 0.3) is 11.8 Å². The highest BCUT2D eigenvalue weighted by atomic mass is 16.5. The zero-order chi connectivity index (χ0) is 20.8. The second kappa shape index (κ2) is 9.43. The summed E-state index contributed by atoms with van der Waals surface area (Å²) in [6, 6.07) is 14.8. The highest BCUT2D eigenvalue weighted by Crippen LogP contribution is 2.23. The van der Waals surface area contributed by atoms with Gasteiger partial charge in [-0.05, 0) is 49.2 Å². The summed E-state index contributed by atoms with van der Waals surface area (Å²) in [6.45, 7) is 0.0802. The Morgan fingerprint density at radius 3 is 2.63 bits per heavy atom. The third-order valence-electron chi connectivity index (χ3n) is 5.24. The smallest absolute Gasteiger partial charge is 0.264 e. The molecule has 1 amide bonds. The van der Waals surface area contributed by atoms with Crippen molar-refractivity contribution in [2.24, 2.45) is 0 Å². The summed E-state index contributed by atoms with van der Waals surface area (Å²) in [6.07, 6.45) is 5.64. The Balaban J connectivity index is 1.40. The Kier molecular flexibility index (Phi) is 6.27. The average Bonchev–Trinajstić information content (AvgIpc) is 3.28. The molecule has 1 aliphatic carbocycles. The molecule has 30 heavy (non-hydrogen) atoms. The van der Waals surface area contributed by atoms with Crippen LogP contribution in [0.1, 0.15) is 48.4 Å². The van der Waals surface area contributed by atoms with E-state index in [0.29, 0.717) is 23.0 Å². The number of carbonyl (C=O) groups is 1. The first-order chi connectivity index (χ1) is 14.7. The number of hydrogen-bond acceptors (Lipinski definition) is 6. The number of carbonyl (C=O) groups excluding carboxylic acids is 1. The number of para-hydroxylation sites is 1. The van der Waals surface area contributed by atoms with Crippen LogP contribution in [0.5, 0.6) is 11.5 Å². The maximum absolute atomic E-state index is 12.7. The number of amides is 1. The van der Waals surface area contributed by atoms with E-state index in [2.05, 4.69) is 15.5 Å². The van der Waals surface area contributed by atoms with Crippen LogP contribution in [0.2, 0.25) is 0 Å². The highest BCUT2D eigenvalue weighted by Gasteiger charge is 2.19. The molecule has 7 nitrogen and oxygen atoms in total. The van der Waals surface area contributed by atoms with E-state index in [1.54, 1.807) is 19.2 Å². The molecular weight excluding hydrogens is 382 g/mol. The summed E-state index contributed by atoms with van der Waals surface area (Å²) in [5.74, 6) is 1.95. The van der Waals surface area contributed by atoms with Crippen LogP contribution < -0.4 is 14.8 Å². The Morgan fingerprint density at radius 2 is 1.87 bits per heavy atom. The normalized spacial score (nSPS) is 14.3. The fourth-order valence-corrected chi connectivity index (χ4v) is 3.60. The van der Waals surface area contributed by atoms with Crippen molar-refractivity contribution in [1.29, 1.82) is 0 Å². The first-order valence-corrected chi connectivity index (χ1v) is 10.2. The predicted octanol–water partition coefficient (Wildman–Crippen LogP) is 4.39. The molecule has 0 unspecified atom stereocenters. The number of rotatable bonds is 7. The number of benzene rings is 2. The third-order valence-corrected chi connectivity index (χ3v) is 5.24. The van der Waals surface area contributed by atoms with Crippen molar-refractivity contribution in [3.05, 3.63) is 60.0 Å². The minimum absolute atomic E-state index is 0.0802. The van der Waals surface area contributed by atoms with Crippen molar-refractivity contribution in [2.75, 3.05) is 7.11 Å². The van der Waals surface area contributed by atoms with Gasteiger partial charge in [-0.15, -0.1) is 0 Å². The maximum atomic E-state index is 12.7. The van der Waals surface area contributed by atoms with Crippen molar-refractivity contribution in [3.8, 4) is 22.9 Å². The van der Waals surface area contributed by atoms with Crippen LogP contribution >= 0.6 is 0 Å². The van der Waals surface area contributed by atoms with Crippen LogP contribution in [-0.2, 0) is 6.61 Å². The third kappa shape index (κ3) is 4.79. The number of nitrogens with one attached hydrogen (secondary N) is 1. The first kappa shape index (κ1) is 19.9. The van der Waals surface area contributed by atoms with E-state index in [1.165, 1.54) is 6.42 Å². The zero-order valence-corrected chi connectivity index (χ0v) is 17.0. The molecule has 1 aliphatic rings. The summed E-state index contributed by atoms with van der Waals surface area (Å²) in [4.78, 5) is 17.1. The van der Waals surface area contributed by atoms with Crippen LogP contribution in [0, 0.1) is 0 Å². The topological polar surface area (TPSA) is 86.5 Å². The van der Waals surface area contributed by atoms with Gasteiger partial charge in [0.05, 0.1) is 12.7 Å². The molecule has 0 atom stereocenters. The number of hydrogen-bond donors (Lipinski definition) is 1. The Labute approximate surface area is 175 Å². The molecule has 0 radical (unpaired) electrons. The van der Waals surface area contributed by atoms with Crippen molar-refractivity contribution in [1.82, 2.24) is 15.5 Å². The monoisotopic (exact) mass is 407 g/mol. The van der Waals surface area contributed by atoms with E-state index in [-0.39, 0.29) is 18.6 Å². The predicted molar refractivity (Wildman–Crippen MR) is 111 cm³/mol. The largest absolute Gasteiger partial charge is 0.497 e. The highest BCUT2D eigenvalue weighted by molar-refractivity contribution is 5.97. The van der Waals surface area contributed by atoms with Crippen LogP contribution in [0.3, 0.4) is 0 Å². The van der Waals surface area contributed by atoms with E-state index in [4.69, 9.17) is 14.0 Å². The lowest BCUT2D eigenvalue weighted by atomic mass is 9.95. The van der Waals surface area contributed by atoms with Crippen molar-refractivity contribution in [2.45, 2.75) is 44.8 Å². The van der Waals surface area contributed by atoms with Crippen LogP contribution in [0.25, 0.3) is 11.4 Å². The van der Waals surface area contributed by atoms with E-state index in [1.807, 2.05) is 36.4 Å². The Hall–Kier alpha value is -3.35. The van der Waals surface area contributed by atoms with Crippen molar-refractivity contribution < 1.29 is 18.8 Å². The van der Waals surface area contributed by atoms with Crippen LogP contribution in [0.4, 0.5) is 0 Å². The summed E-state index contributed by atoms with van der Waals surface area (Å²) in [5, 5.41) is 7.13. The zero-order valence-electron chi connectivity index (χ0n) is 17.0. The molecular formula is C23H25N3O4. The molecule has 156 valence electrons. The SMILES string of the molecule is COc1ccc(-c2noc(COc3ccccc3C(=O)NC3CCCCC3)n2)cc1. The van der Waals surface area contributed by atoms with Gasteiger partial charge in [-0.2, -0.15) is 4.98 Å². The van der Waals surface area contributed by atoms with E-state index in [0.717, 1.165) is 37.0 Å². The van der Waals surface area contributed by atoms with E-state index in [9.17, 15) is 4.79 Å². The molecule has 2 aromatic carbocycles. The van der Waals surface area contributed by atoms with Gasteiger partial charge in [0, 0.05) is 11.6 Å². The molecule has 1 heterocycles. The molecule has 1 fully saturated rings. The Morgan fingerprint density at radius 1 is 1.10 bits per heavy atom. The van der Waals surface area contributed by atoms with Gasteiger partial charge in [-0.25, -0.2) is 0 Å². The molecule has 0 bridgehead atoms. The second-order valence-electron chi connectivity index (χ2n) is 7.33. The fourth-order valence-electron chi connectivity index (χ4n) is 3.60. The molecule has 1 aromatic heterocycles. The molecule has 0 saturated heterocycles. The van der Waals surface area contributed by atoms with Gasteiger partial charge in [0.2, 0.25) is 5.82 Å². The number of ether oxygens (including phenoxy) is 2. The number of aromatic nitrogens is 2. The molecule has 4 rings (SSSR count). The number of methoxy groups -OCH3 is 1. The molecule has 1 N–H and O–H groups in total.